The van der Waals surface area contributed by atoms with Gasteiger partial charge in [-0.2, -0.15) is 13.2 Å². The molecule has 0 saturated carbocycles. The number of nitro groups is 3. The Morgan fingerprint density at radius 2 is 1.41 bits per heavy atom. The monoisotopic (exact) mass is 325 g/mol. The van der Waals surface area contributed by atoms with Crippen LogP contribution in [0.1, 0.15) is 5.56 Å². The lowest BCUT2D eigenvalue weighted by Crippen LogP contribution is -2.31. The van der Waals surface area contributed by atoms with Crippen LogP contribution in [0.4, 0.5) is 30.2 Å². The van der Waals surface area contributed by atoms with E-state index in [9.17, 15) is 43.5 Å². The van der Waals surface area contributed by atoms with Gasteiger partial charge in [-0.3, -0.25) is 30.3 Å². The van der Waals surface area contributed by atoms with Crippen molar-refractivity contribution in [1.29, 1.82) is 0 Å². The predicted molar refractivity (Wildman–Crippen MR) is 62.2 cm³/mol. The minimum absolute atomic E-state index is 0.297. The Kier molecular flexibility index (Phi) is 4.61. The molecule has 0 amide bonds. The zero-order valence-corrected chi connectivity index (χ0v) is 10.3. The quantitative estimate of drug-likeness (QED) is 0.641. The van der Waals surface area contributed by atoms with E-state index < -0.39 is 56.1 Å². The molecule has 0 aliphatic carbocycles. The molecule has 0 saturated heterocycles. The number of benzene rings is 1. The Morgan fingerprint density at radius 1 is 1.00 bits per heavy atom. The molecule has 0 aromatic heterocycles. The van der Waals surface area contributed by atoms with Gasteiger partial charge in [0.2, 0.25) is 0 Å². The molecule has 1 N–H and O–H groups in total. The third kappa shape index (κ3) is 3.63. The average molecular weight is 325 g/mol. The lowest BCUT2D eigenvalue weighted by molar-refractivity contribution is -0.404. The Labute approximate surface area is 118 Å². The number of nitro benzene ring substituents is 3. The summed E-state index contributed by atoms with van der Waals surface area (Å²) in [5.74, 6) is 0. The topological polar surface area (TPSA) is 150 Å². The van der Waals surface area contributed by atoms with Gasteiger partial charge in [0, 0.05) is 6.42 Å². The van der Waals surface area contributed by atoms with Gasteiger partial charge in [0.05, 0.1) is 26.9 Å². The second-order valence-corrected chi connectivity index (χ2v) is 4.00. The fourth-order valence-corrected chi connectivity index (χ4v) is 1.58. The molecule has 1 aromatic carbocycles. The number of aliphatic hydroxyl groups excluding tert-OH is 1. The molecule has 1 unspecified atom stereocenters. The normalized spacial score (nSPS) is 12.7. The number of aliphatic hydroxyl groups is 1. The zero-order chi connectivity index (χ0) is 17.2. The summed E-state index contributed by atoms with van der Waals surface area (Å²) in [6.45, 7) is 0. The van der Waals surface area contributed by atoms with Crippen molar-refractivity contribution >= 4 is 17.1 Å². The summed E-state index contributed by atoms with van der Waals surface area (Å²) in [6.07, 6.45) is -9.73. The van der Waals surface area contributed by atoms with Gasteiger partial charge in [-0.25, -0.2) is 0 Å². The highest BCUT2D eigenvalue weighted by Crippen LogP contribution is 2.36. The highest BCUT2D eigenvalue weighted by atomic mass is 19.4. The van der Waals surface area contributed by atoms with Crippen molar-refractivity contribution < 1.29 is 33.0 Å². The van der Waals surface area contributed by atoms with E-state index in [2.05, 4.69) is 0 Å². The van der Waals surface area contributed by atoms with Crippen LogP contribution in [0.5, 0.6) is 0 Å². The molecule has 1 atom stereocenters. The fraction of sp³-hybridized carbons (Fsp3) is 0.333. The Hall–Kier alpha value is -2.83. The third-order valence-electron chi connectivity index (χ3n) is 2.57. The molecule has 0 spiro atoms. The predicted octanol–water partition coefficient (Wildman–Crippen LogP) is 1.88. The molecule has 13 heteroatoms. The minimum atomic E-state index is -5.16. The molecular formula is C9H6F3N3O7. The summed E-state index contributed by atoms with van der Waals surface area (Å²) in [7, 11) is 0. The van der Waals surface area contributed by atoms with E-state index in [0.717, 1.165) is 0 Å². The minimum Gasteiger partial charge on any atom is -0.383 e. The summed E-state index contributed by atoms with van der Waals surface area (Å²) in [5, 5.41) is 41.1. The van der Waals surface area contributed by atoms with Gasteiger partial charge in [-0.15, -0.1) is 0 Å². The van der Waals surface area contributed by atoms with Crippen molar-refractivity contribution in [3.63, 3.8) is 0 Å². The van der Waals surface area contributed by atoms with Crippen LogP contribution >= 0.6 is 0 Å². The average Bonchev–Trinajstić information content (AvgIpc) is 2.36. The van der Waals surface area contributed by atoms with Gasteiger partial charge < -0.3 is 5.11 Å². The van der Waals surface area contributed by atoms with E-state index in [1.54, 1.807) is 0 Å². The van der Waals surface area contributed by atoms with Crippen LogP contribution in [-0.4, -0.2) is 32.2 Å². The highest BCUT2D eigenvalue weighted by Gasteiger charge is 2.42. The first kappa shape index (κ1) is 17.2. The molecule has 0 radical (unpaired) electrons. The van der Waals surface area contributed by atoms with Gasteiger partial charge in [-0.05, 0) is 0 Å². The molecule has 120 valence electrons. The molecule has 1 aromatic rings. The van der Waals surface area contributed by atoms with E-state index in [4.69, 9.17) is 5.11 Å². The van der Waals surface area contributed by atoms with E-state index in [0.29, 0.717) is 12.1 Å². The molecule has 0 aliphatic heterocycles. The van der Waals surface area contributed by atoms with Crippen molar-refractivity contribution in [3.05, 3.63) is 48.0 Å². The van der Waals surface area contributed by atoms with Crippen LogP contribution in [0.3, 0.4) is 0 Å². The van der Waals surface area contributed by atoms with Gasteiger partial charge in [0.15, 0.2) is 6.10 Å². The number of non-ortho nitro benzene ring substituents is 1. The first-order valence-electron chi connectivity index (χ1n) is 5.30. The fourth-order valence-electron chi connectivity index (χ4n) is 1.58. The van der Waals surface area contributed by atoms with E-state index >= 15 is 0 Å². The second kappa shape index (κ2) is 5.88. The van der Waals surface area contributed by atoms with Crippen molar-refractivity contribution in [3.8, 4) is 0 Å². The lowest BCUT2D eigenvalue weighted by atomic mass is 10.0. The van der Waals surface area contributed by atoms with Gasteiger partial charge >= 0.3 is 6.18 Å². The van der Waals surface area contributed by atoms with E-state index in [-0.39, 0.29) is 0 Å². The van der Waals surface area contributed by atoms with Crippen molar-refractivity contribution in [1.82, 2.24) is 0 Å². The zero-order valence-electron chi connectivity index (χ0n) is 10.3. The highest BCUT2D eigenvalue weighted by molar-refractivity contribution is 5.61. The number of halogens is 3. The molecule has 0 aliphatic rings. The molecule has 10 nitrogen and oxygen atoms in total. The molecule has 0 fully saturated rings. The first-order chi connectivity index (χ1) is 9.95. The molecule has 0 bridgehead atoms. The van der Waals surface area contributed by atoms with E-state index in [1.165, 1.54) is 0 Å². The van der Waals surface area contributed by atoms with Crippen LogP contribution in [0, 0.1) is 30.3 Å². The first-order valence-corrected chi connectivity index (χ1v) is 5.30. The van der Waals surface area contributed by atoms with Crippen LogP contribution in [0.15, 0.2) is 12.1 Å². The molecule has 1 rings (SSSR count). The summed E-state index contributed by atoms with van der Waals surface area (Å²) in [4.78, 5) is 28.4. The van der Waals surface area contributed by atoms with Crippen molar-refractivity contribution in [2.45, 2.75) is 18.7 Å². The smallest absolute Gasteiger partial charge is 0.383 e. The second-order valence-electron chi connectivity index (χ2n) is 4.00. The summed E-state index contributed by atoms with van der Waals surface area (Å²) in [5.41, 5.74) is -4.57. The Morgan fingerprint density at radius 3 is 1.68 bits per heavy atom. The molecule has 0 heterocycles. The van der Waals surface area contributed by atoms with Crippen LogP contribution in [0.2, 0.25) is 0 Å². The number of hydrogen-bond donors (Lipinski definition) is 1. The van der Waals surface area contributed by atoms with Crippen LogP contribution in [-0.2, 0) is 6.42 Å². The van der Waals surface area contributed by atoms with Crippen LogP contribution in [0.25, 0.3) is 0 Å². The summed E-state index contributed by atoms with van der Waals surface area (Å²) >= 11 is 0. The number of alkyl halides is 3. The van der Waals surface area contributed by atoms with Gasteiger partial charge in [0.1, 0.15) is 5.56 Å². The maximum Gasteiger partial charge on any atom is 0.414 e. The standard InChI is InChI=1S/C9H6F3N3O7/c10-9(11,12)8(16)3-5-6(14(19)20)1-4(13(17)18)2-7(5)15(21)22/h1-2,8,16H,3H2. The van der Waals surface area contributed by atoms with Crippen molar-refractivity contribution in [2.24, 2.45) is 0 Å². The van der Waals surface area contributed by atoms with Gasteiger partial charge in [0.25, 0.3) is 17.1 Å². The van der Waals surface area contributed by atoms with E-state index in [1.807, 2.05) is 0 Å². The third-order valence-corrected chi connectivity index (χ3v) is 2.57. The number of rotatable bonds is 5. The maximum absolute atomic E-state index is 12.3. The summed E-state index contributed by atoms with van der Waals surface area (Å²) < 4.78 is 36.9. The molecular weight excluding hydrogens is 319 g/mol. The lowest BCUT2D eigenvalue weighted by Gasteiger charge is -2.14. The SMILES string of the molecule is O=[N+]([O-])c1cc([N+](=O)[O-])c(CC(O)C(F)(F)F)c([N+](=O)[O-])c1. The van der Waals surface area contributed by atoms with Crippen LogP contribution < -0.4 is 0 Å². The number of hydrogen-bond acceptors (Lipinski definition) is 7. The maximum atomic E-state index is 12.3. The molecule has 22 heavy (non-hydrogen) atoms. The van der Waals surface area contributed by atoms with Crippen molar-refractivity contribution in [2.75, 3.05) is 0 Å². The largest absolute Gasteiger partial charge is 0.414 e. The Bertz CT molecular complexity index is 611. The number of nitrogens with zero attached hydrogens (tertiary/aromatic N) is 3. The van der Waals surface area contributed by atoms with Gasteiger partial charge in [-0.1, -0.05) is 0 Å². The summed E-state index contributed by atoms with van der Waals surface area (Å²) in [6, 6.07) is 0.594. The Balaban J connectivity index is 3.55.